The molecule has 146 valence electrons. The number of rotatable bonds is 5. The average Bonchev–Trinajstić information content (AvgIpc) is 3.31. The second kappa shape index (κ2) is 7.89. The minimum Gasteiger partial charge on any atom is -0.506 e. The molecule has 0 atom stereocenters. The van der Waals surface area contributed by atoms with E-state index in [0.717, 1.165) is 23.1 Å². The number of fused-ring (bicyclic) bond motifs is 1. The van der Waals surface area contributed by atoms with Crippen molar-refractivity contribution in [1.29, 1.82) is 0 Å². The number of aryl methyl sites for hydroxylation is 1. The van der Waals surface area contributed by atoms with Gasteiger partial charge in [-0.3, -0.25) is 0 Å². The molecule has 0 aliphatic carbocycles. The SMILES string of the molecule is Cc1nsc(N=Nc2cc(N=Nc3snc4ncncc34)c(O)cc2N(C)C)n1. The number of aromatic nitrogens is 5. The van der Waals surface area contributed by atoms with E-state index in [9.17, 15) is 5.11 Å². The van der Waals surface area contributed by atoms with Crippen molar-refractivity contribution >= 4 is 61.3 Å². The van der Waals surface area contributed by atoms with Crippen LogP contribution in [0.4, 0.5) is 27.2 Å². The molecule has 3 heterocycles. The first-order valence-corrected chi connectivity index (χ1v) is 9.79. The van der Waals surface area contributed by atoms with Gasteiger partial charge < -0.3 is 10.0 Å². The van der Waals surface area contributed by atoms with Crippen LogP contribution in [0, 0.1) is 6.92 Å². The molecule has 0 fully saturated rings. The summed E-state index contributed by atoms with van der Waals surface area (Å²) in [5, 5.41) is 28.8. The van der Waals surface area contributed by atoms with Crippen molar-refractivity contribution in [2.75, 3.05) is 19.0 Å². The predicted octanol–water partition coefficient (Wildman–Crippen LogP) is 4.85. The fourth-order valence-electron chi connectivity index (χ4n) is 2.35. The van der Waals surface area contributed by atoms with Gasteiger partial charge in [0.05, 0.1) is 11.1 Å². The summed E-state index contributed by atoms with van der Waals surface area (Å²) in [6.45, 7) is 1.79. The lowest BCUT2D eigenvalue weighted by molar-refractivity contribution is 0.476. The minimum absolute atomic E-state index is 0.0340. The van der Waals surface area contributed by atoms with Crippen LogP contribution in [0.5, 0.6) is 5.75 Å². The second-order valence-corrected chi connectivity index (χ2v) is 7.48. The third kappa shape index (κ3) is 4.05. The van der Waals surface area contributed by atoms with E-state index in [1.54, 1.807) is 25.3 Å². The zero-order chi connectivity index (χ0) is 20.4. The van der Waals surface area contributed by atoms with E-state index in [1.807, 2.05) is 19.0 Å². The Balaban J connectivity index is 1.70. The van der Waals surface area contributed by atoms with Crippen LogP contribution in [0.3, 0.4) is 0 Å². The zero-order valence-corrected chi connectivity index (χ0v) is 17.2. The lowest BCUT2D eigenvalue weighted by Gasteiger charge is -2.15. The first-order chi connectivity index (χ1) is 14.0. The summed E-state index contributed by atoms with van der Waals surface area (Å²) in [4.78, 5) is 14.0. The molecule has 0 amide bonds. The Bertz CT molecular complexity index is 1230. The molecule has 13 heteroatoms. The molecule has 3 aromatic heterocycles. The van der Waals surface area contributed by atoms with Crippen LogP contribution in [0.25, 0.3) is 11.0 Å². The van der Waals surface area contributed by atoms with Crippen LogP contribution >= 0.6 is 23.1 Å². The highest BCUT2D eigenvalue weighted by atomic mass is 32.1. The standard InChI is InChI=1S/C16H14N10OS2/c1-8-19-16(29-24-8)23-20-10-4-11(13(27)5-12(10)26(2)3)21-22-15-9-6-17-7-18-14(9)25-28-15/h4-7,27H,1-3H3. The van der Waals surface area contributed by atoms with Gasteiger partial charge in [0.15, 0.2) is 10.6 Å². The molecule has 0 aliphatic heterocycles. The number of anilines is 1. The van der Waals surface area contributed by atoms with E-state index in [1.165, 1.54) is 6.33 Å². The normalized spacial score (nSPS) is 11.8. The lowest BCUT2D eigenvalue weighted by atomic mass is 10.2. The van der Waals surface area contributed by atoms with Gasteiger partial charge in [-0.25, -0.2) is 15.0 Å². The molecule has 4 aromatic rings. The molecule has 0 saturated heterocycles. The lowest BCUT2D eigenvalue weighted by Crippen LogP contribution is -2.08. The first-order valence-electron chi connectivity index (χ1n) is 8.25. The number of phenolic OH excluding ortho intramolecular Hbond substituents is 1. The Morgan fingerprint density at radius 1 is 1.00 bits per heavy atom. The summed E-state index contributed by atoms with van der Waals surface area (Å²) < 4.78 is 8.27. The van der Waals surface area contributed by atoms with Crippen LogP contribution in [0.1, 0.15) is 5.82 Å². The van der Waals surface area contributed by atoms with Crippen LogP contribution in [-0.2, 0) is 0 Å². The predicted molar refractivity (Wildman–Crippen MR) is 111 cm³/mol. The van der Waals surface area contributed by atoms with Crippen molar-refractivity contribution in [2.45, 2.75) is 6.92 Å². The number of hydrogen-bond acceptors (Lipinski definition) is 13. The summed E-state index contributed by atoms with van der Waals surface area (Å²) in [6, 6.07) is 3.16. The summed E-state index contributed by atoms with van der Waals surface area (Å²) in [5.41, 5.74) is 1.97. The molecule has 4 rings (SSSR count). The first kappa shape index (κ1) is 18.9. The Kier molecular flexibility index (Phi) is 5.14. The molecule has 11 nitrogen and oxygen atoms in total. The molecule has 0 unspecified atom stereocenters. The van der Waals surface area contributed by atoms with Gasteiger partial charge >= 0.3 is 0 Å². The van der Waals surface area contributed by atoms with Gasteiger partial charge in [0.25, 0.3) is 0 Å². The highest BCUT2D eigenvalue weighted by Crippen LogP contribution is 2.41. The molecule has 0 radical (unpaired) electrons. The van der Waals surface area contributed by atoms with Crippen LogP contribution in [-0.4, -0.2) is 42.9 Å². The molecule has 1 N–H and O–H groups in total. The maximum Gasteiger partial charge on any atom is 0.249 e. The summed E-state index contributed by atoms with van der Waals surface area (Å²) in [7, 11) is 3.68. The molecule has 1 aromatic carbocycles. The van der Waals surface area contributed by atoms with Crippen molar-refractivity contribution in [3.63, 3.8) is 0 Å². The number of hydrogen-bond donors (Lipinski definition) is 1. The number of phenols is 1. The third-order valence-electron chi connectivity index (χ3n) is 3.70. The molecular formula is C16H14N10OS2. The van der Waals surface area contributed by atoms with E-state index in [2.05, 4.69) is 44.2 Å². The van der Waals surface area contributed by atoms with E-state index in [4.69, 9.17) is 0 Å². The highest BCUT2D eigenvalue weighted by Gasteiger charge is 2.12. The molecule has 29 heavy (non-hydrogen) atoms. The zero-order valence-electron chi connectivity index (χ0n) is 15.5. The third-order valence-corrected chi connectivity index (χ3v) is 5.13. The topological polar surface area (TPSA) is 137 Å². The van der Waals surface area contributed by atoms with Gasteiger partial charge in [-0.2, -0.15) is 8.75 Å². The molecule has 0 aliphatic rings. The smallest absolute Gasteiger partial charge is 0.249 e. The van der Waals surface area contributed by atoms with Gasteiger partial charge in [-0.1, -0.05) is 0 Å². The van der Waals surface area contributed by atoms with Crippen molar-refractivity contribution < 1.29 is 5.11 Å². The van der Waals surface area contributed by atoms with Crippen LogP contribution < -0.4 is 4.90 Å². The summed E-state index contributed by atoms with van der Waals surface area (Å²) in [5.74, 6) is 0.603. The summed E-state index contributed by atoms with van der Waals surface area (Å²) >= 11 is 2.31. The van der Waals surface area contributed by atoms with Gasteiger partial charge in [0.2, 0.25) is 5.13 Å². The quantitative estimate of drug-likeness (QED) is 0.450. The number of azo groups is 2. The minimum atomic E-state index is -0.0340. The van der Waals surface area contributed by atoms with Crippen molar-refractivity contribution in [3.05, 3.63) is 30.5 Å². The largest absolute Gasteiger partial charge is 0.506 e. The molecule has 0 spiro atoms. The van der Waals surface area contributed by atoms with Crippen LogP contribution in [0.2, 0.25) is 0 Å². The summed E-state index contributed by atoms with van der Waals surface area (Å²) in [6.07, 6.45) is 3.05. The second-order valence-electron chi connectivity index (χ2n) is 6.00. The maximum absolute atomic E-state index is 10.4. The number of benzene rings is 1. The van der Waals surface area contributed by atoms with Crippen LogP contribution in [0.15, 0.2) is 45.1 Å². The van der Waals surface area contributed by atoms with E-state index in [-0.39, 0.29) is 11.4 Å². The van der Waals surface area contributed by atoms with Crippen molar-refractivity contribution in [2.24, 2.45) is 20.5 Å². The molecular weight excluding hydrogens is 412 g/mol. The highest BCUT2D eigenvalue weighted by molar-refractivity contribution is 7.11. The Labute approximate surface area is 172 Å². The van der Waals surface area contributed by atoms with Crippen molar-refractivity contribution in [3.8, 4) is 5.75 Å². The Hall–Kier alpha value is -3.45. The molecule has 0 saturated carbocycles. The Morgan fingerprint density at radius 3 is 2.59 bits per heavy atom. The fourth-order valence-corrected chi connectivity index (χ4v) is 3.49. The van der Waals surface area contributed by atoms with Gasteiger partial charge in [-0.05, 0) is 24.5 Å². The maximum atomic E-state index is 10.4. The van der Waals surface area contributed by atoms with Gasteiger partial charge in [0, 0.05) is 37.9 Å². The van der Waals surface area contributed by atoms with Gasteiger partial charge in [0.1, 0.15) is 29.3 Å². The van der Waals surface area contributed by atoms with E-state index >= 15 is 0 Å². The van der Waals surface area contributed by atoms with Crippen molar-refractivity contribution in [1.82, 2.24) is 23.7 Å². The van der Waals surface area contributed by atoms with E-state index < -0.39 is 0 Å². The van der Waals surface area contributed by atoms with Gasteiger partial charge in [-0.15, -0.1) is 20.5 Å². The Morgan fingerprint density at radius 2 is 1.83 bits per heavy atom. The number of nitrogens with zero attached hydrogens (tertiary/aromatic N) is 10. The number of aromatic hydroxyl groups is 1. The van der Waals surface area contributed by atoms with E-state index in [0.29, 0.717) is 38.4 Å². The fraction of sp³-hybridized carbons (Fsp3) is 0.188. The monoisotopic (exact) mass is 426 g/mol. The average molecular weight is 426 g/mol. The molecule has 0 bridgehead atoms.